The quantitative estimate of drug-likeness (QED) is 0.748. The van der Waals surface area contributed by atoms with E-state index in [0.29, 0.717) is 18.7 Å². The van der Waals surface area contributed by atoms with E-state index >= 15 is 0 Å². The number of esters is 1. The predicted molar refractivity (Wildman–Crippen MR) is 65.8 cm³/mol. The first-order valence-corrected chi connectivity index (χ1v) is 5.57. The molecule has 0 aliphatic heterocycles. The van der Waals surface area contributed by atoms with Gasteiger partial charge in [0.2, 0.25) is 0 Å². The highest BCUT2D eigenvalue weighted by atomic mass is 16.5. The van der Waals surface area contributed by atoms with Crippen LogP contribution in [0, 0.1) is 0 Å². The number of nitrogen functional groups attached to an aromatic ring is 1. The van der Waals surface area contributed by atoms with Crippen molar-refractivity contribution in [2.45, 2.75) is 12.8 Å². The Hall–Kier alpha value is -2.05. The lowest BCUT2D eigenvalue weighted by molar-refractivity contribution is -0.140. The molecule has 18 heavy (non-hydrogen) atoms. The van der Waals surface area contributed by atoms with Gasteiger partial charge in [0.1, 0.15) is 0 Å². The van der Waals surface area contributed by atoms with E-state index in [1.807, 2.05) is 0 Å². The van der Waals surface area contributed by atoms with Crippen molar-refractivity contribution in [3.8, 4) is 0 Å². The van der Waals surface area contributed by atoms with Crippen LogP contribution in [0.15, 0.2) is 6.20 Å². The zero-order valence-electron chi connectivity index (χ0n) is 10.8. The summed E-state index contributed by atoms with van der Waals surface area (Å²) in [5.74, 6) is -0.536. The maximum Gasteiger partial charge on any atom is 0.305 e. The lowest BCUT2D eigenvalue weighted by atomic mass is 10.2. The summed E-state index contributed by atoms with van der Waals surface area (Å²) in [4.78, 5) is 24.4. The van der Waals surface area contributed by atoms with E-state index in [4.69, 9.17) is 5.73 Å². The first-order valence-electron chi connectivity index (χ1n) is 5.57. The Morgan fingerprint density at radius 1 is 1.56 bits per heavy atom. The van der Waals surface area contributed by atoms with Crippen LogP contribution in [0.4, 0.5) is 5.69 Å². The molecule has 0 aliphatic carbocycles. The van der Waals surface area contributed by atoms with Gasteiger partial charge in [-0.25, -0.2) is 0 Å². The largest absolute Gasteiger partial charge is 0.469 e. The highest BCUT2D eigenvalue weighted by Crippen LogP contribution is 2.11. The van der Waals surface area contributed by atoms with Crippen LogP contribution in [0.1, 0.15) is 23.3 Å². The molecule has 1 rings (SSSR count). The molecule has 0 saturated carbocycles. The van der Waals surface area contributed by atoms with Gasteiger partial charge in [0.25, 0.3) is 5.91 Å². The van der Waals surface area contributed by atoms with Gasteiger partial charge >= 0.3 is 5.97 Å². The molecule has 0 fully saturated rings. The van der Waals surface area contributed by atoms with Gasteiger partial charge in [-0.2, -0.15) is 5.10 Å². The maximum absolute atomic E-state index is 12.0. The molecule has 0 aromatic carbocycles. The Labute approximate surface area is 105 Å². The van der Waals surface area contributed by atoms with Gasteiger partial charge in [-0.15, -0.1) is 0 Å². The van der Waals surface area contributed by atoms with E-state index in [9.17, 15) is 9.59 Å². The molecule has 2 N–H and O–H groups in total. The zero-order chi connectivity index (χ0) is 13.7. The van der Waals surface area contributed by atoms with Gasteiger partial charge < -0.3 is 15.4 Å². The fourth-order valence-electron chi connectivity index (χ4n) is 1.52. The first-order chi connectivity index (χ1) is 8.45. The van der Waals surface area contributed by atoms with Gasteiger partial charge in [-0.1, -0.05) is 0 Å². The summed E-state index contributed by atoms with van der Waals surface area (Å²) >= 11 is 0. The van der Waals surface area contributed by atoms with Crippen LogP contribution in [0.25, 0.3) is 0 Å². The van der Waals surface area contributed by atoms with E-state index in [-0.39, 0.29) is 24.0 Å². The van der Waals surface area contributed by atoms with Crippen LogP contribution < -0.4 is 5.73 Å². The molecule has 0 spiro atoms. The van der Waals surface area contributed by atoms with Crippen LogP contribution >= 0.6 is 0 Å². The molecule has 1 aromatic rings. The lowest BCUT2D eigenvalue weighted by Crippen LogP contribution is -2.29. The normalized spacial score (nSPS) is 10.2. The molecule has 0 unspecified atom stereocenters. The monoisotopic (exact) mass is 254 g/mol. The SMILES string of the molecule is COC(=O)CCCN(C)C(=O)c1nn(C)cc1N. The highest BCUT2D eigenvalue weighted by molar-refractivity contribution is 5.96. The number of methoxy groups -OCH3 is 1. The van der Waals surface area contributed by atoms with Crippen LogP contribution in [-0.4, -0.2) is 47.3 Å². The second kappa shape index (κ2) is 6.04. The molecule has 1 heterocycles. The van der Waals surface area contributed by atoms with Crippen molar-refractivity contribution < 1.29 is 14.3 Å². The standard InChI is InChI=1S/C11H18N4O3/c1-14(6-4-5-9(16)18-3)11(17)10-8(12)7-15(2)13-10/h7H,4-6,12H2,1-3H3. The van der Waals surface area contributed by atoms with Crippen LogP contribution in [-0.2, 0) is 16.6 Å². The Balaban J connectivity index is 2.51. The Morgan fingerprint density at radius 3 is 2.72 bits per heavy atom. The molecule has 0 saturated heterocycles. The second-order valence-corrected chi connectivity index (χ2v) is 4.01. The number of hydrogen-bond donors (Lipinski definition) is 1. The first kappa shape index (κ1) is 14.0. The number of nitrogens with zero attached hydrogens (tertiary/aromatic N) is 3. The Kier molecular flexibility index (Phi) is 4.70. The Bertz CT molecular complexity index is 441. The minimum absolute atomic E-state index is 0.234. The molecule has 0 atom stereocenters. The summed E-state index contributed by atoms with van der Waals surface area (Å²) in [6.07, 6.45) is 2.41. The van der Waals surface area contributed by atoms with Crippen molar-refractivity contribution in [3.05, 3.63) is 11.9 Å². The summed E-state index contributed by atoms with van der Waals surface area (Å²) in [5.41, 5.74) is 6.26. The third-order valence-electron chi connectivity index (χ3n) is 2.51. The number of aromatic nitrogens is 2. The summed E-state index contributed by atoms with van der Waals surface area (Å²) in [6.45, 7) is 0.448. The average molecular weight is 254 g/mol. The van der Waals surface area contributed by atoms with Crippen LogP contribution in [0.3, 0.4) is 0 Å². The van der Waals surface area contributed by atoms with Crippen molar-refractivity contribution in [1.29, 1.82) is 0 Å². The zero-order valence-corrected chi connectivity index (χ0v) is 10.8. The number of nitrogens with two attached hydrogens (primary N) is 1. The van der Waals surface area contributed by atoms with Crippen LogP contribution in [0.2, 0.25) is 0 Å². The number of carbonyl (C=O) groups is 2. The van der Waals surface area contributed by atoms with E-state index in [0.717, 1.165) is 0 Å². The molecule has 7 heteroatoms. The number of carbonyl (C=O) groups excluding carboxylic acids is 2. The number of rotatable bonds is 5. The van der Waals surface area contributed by atoms with Crippen molar-refractivity contribution in [3.63, 3.8) is 0 Å². The number of ether oxygens (including phenoxy) is 1. The number of aryl methyl sites for hydroxylation is 1. The number of amides is 1. The average Bonchev–Trinajstić information content (AvgIpc) is 2.67. The van der Waals surface area contributed by atoms with E-state index in [1.165, 1.54) is 16.7 Å². The van der Waals surface area contributed by atoms with Gasteiger partial charge in [0, 0.05) is 33.3 Å². The van der Waals surface area contributed by atoms with E-state index in [2.05, 4.69) is 9.84 Å². The minimum atomic E-state index is -0.284. The molecule has 0 radical (unpaired) electrons. The van der Waals surface area contributed by atoms with E-state index < -0.39 is 0 Å². The molecular weight excluding hydrogens is 236 g/mol. The molecular formula is C11H18N4O3. The third kappa shape index (κ3) is 3.47. The fourth-order valence-corrected chi connectivity index (χ4v) is 1.52. The van der Waals surface area contributed by atoms with E-state index in [1.54, 1.807) is 20.3 Å². The van der Waals surface area contributed by atoms with Crippen molar-refractivity contribution in [2.24, 2.45) is 7.05 Å². The molecule has 1 aromatic heterocycles. The molecule has 0 aliphatic rings. The second-order valence-electron chi connectivity index (χ2n) is 4.01. The molecule has 1 amide bonds. The summed E-state index contributed by atoms with van der Waals surface area (Å²) in [7, 11) is 4.68. The maximum atomic E-state index is 12.0. The third-order valence-corrected chi connectivity index (χ3v) is 2.51. The van der Waals surface area contributed by atoms with Gasteiger partial charge in [0.15, 0.2) is 5.69 Å². The number of hydrogen-bond acceptors (Lipinski definition) is 5. The van der Waals surface area contributed by atoms with Crippen molar-refractivity contribution in [2.75, 3.05) is 26.4 Å². The summed E-state index contributed by atoms with van der Waals surface area (Å²) < 4.78 is 6.01. The molecule has 0 bridgehead atoms. The van der Waals surface area contributed by atoms with Crippen LogP contribution in [0.5, 0.6) is 0 Å². The minimum Gasteiger partial charge on any atom is -0.469 e. The molecule has 7 nitrogen and oxygen atoms in total. The molecule has 100 valence electrons. The van der Waals surface area contributed by atoms with Crippen molar-refractivity contribution >= 4 is 17.6 Å². The van der Waals surface area contributed by atoms with Gasteiger partial charge in [-0.3, -0.25) is 14.3 Å². The summed E-state index contributed by atoms with van der Waals surface area (Å²) in [5, 5.41) is 4.00. The Morgan fingerprint density at radius 2 is 2.22 bits per heavy atom. The smallest absolute Gasteiger partial charge is 0.305 e. The highest BCUT2D eigenvalue weighted by Gasteiger charge is 2.18. The fraction of sp³-hybridized carbons (Fsp3) is 0.545. The van der Waals surface area contributed by atoms with Gasteiger partial charge in [0.05, 0.1) is 12.8 Å². The van der Waals surface area contributed by atoms with Gasteiger partial charge in [-0.05, 0) is 6.42 Å². The number of anilines is 1. The lowest BCUT2D eigenvalue weighted by Gasteiger charge is -2.15. The topological polar surface area (TPSA) is 90.5 Å². The predicted octanol–water partition coefficient (Wildman–Crippen LogP) is 0.0275. The summed E-state index contributed by atoms with van der Waals surface area (Å²) in [6, 6.07) is 0. The van der Waals surface area contributed by atoms with Crippen molar-refractivity contribution in [1.82, 2.24) is 14.7 Å².